The number of rotatable bonds is 6. The Morgan fingerprint density at radius 1 is 1.70 bits per heavy atom. The number of carbonyl (C=O) groups is 1. The van der Waals surface area contributed by atoms with Crippen LogP contribution in [0.3, 0.4) is 0 Å². The van der Waals surface area contributed by atoms with Crippen LogP contribution in [0.2, 0.25) is 0 Å². The summed E-state index contributed by atoms with van der Waals surface area (Å²) in [5.74, 6) is 0.0529. The maximum Gasteiger partial charge on any atom is 0.234 e. The standard InChI is InChI=1S/C14H23N3O2S/c1-11(13-4-3-7-20-13)16-14(18)10-17(2)9-12-8-15-5-6-19-12/h3-4,7,11-12,15H,5-6,8-10H2,1-2H3,(H,16,18). The quantitative estimate of drug-likeness (QED) is 0.817. The molecule has 1 amide bonds. The summed E-state index contributed by atoms with van der Waals surface area (Å²) in [4.78, 5) is 15.2. The summed E-state index contributed by atoms with van der Waals surface area (Å²) in [6, 6.07) is 4.12. The number of ether oxygens (including phenoxy) is 1. The predicted molar refractivity (Wildman–Crippen MR) is 81.0 cm³/mol. The zero-order valence-electron chi connectivity index (χ0n) is 12.1. The van der Waals surface area contributed by atoms with Crippen LogP contribution in [0.4, 0.5) is 0 Å². The number of thiophene rings is 1. The molecular weight excluding hydrogens is 274 g/mol. The van der Waals surface area contributed by atoms with Crippen LogP contribution in [0.5, 0.6) is 0 Å². The van der Waals surface area contributed by atoms with Gasteiger partial charge in [-0.1, -0.05) is 6.07 Å². The summed E-state index contributed by atoms with van der Waals surface area (Å²) in [6.45, 7) is 5.71. The van der Waals surface area contributed by atoms with Crippen molar-refractivity contribution in [2.24, 2.45) is 0 Å². The highest BCUT2D eigenvalue weighted by molar-refractivity contribution is 7.10. The molecule has 112 valence electrons. The van der Waals surface area contributed by atoms with E-state index in [1.807, 2.05) is 36.4 Å². The van der Waals surface area contributed by atoms with Gasteiger partial charge in [0.05, 0.1) is 25.3 Å². The van der Waals surface area contributed by atoms with E-state index in [2.05, 4.69) is 10.6 Å². The fourth-order valence-electron chi connectivity index (χ4n) is 2.29. The first-order chi connectivity index (χ1) is 9.65. The van der Waals surface area contributed by atoms with Crippen molar-refractivity contribution in [3.8, 4) is 0 Å². The van der Waals surface area contributed by atoms with E-state index in [0.29, 0.717) is 6.54 Å². The highest BCUT2D eigenvalue weighted by Gasteiger charge is 2.18. The minimum Gasteiger partial charge on any atom is -0.374 e. The van der Waals surface area contributed by atoms with E-state index < -0.39 is 0 Å². The van der Waals surface area contributed by atoms with Gasteiger partial charge < -0.3 is 15.4 Å². The maximum atomic E-state index is 12.0. The second-order valence-electron chi connectivity index (χ2n) is 5.20. The van der Waals surface area contributed by atoms with E-state index in [1.165, 1.54) is 4.88 Å². The first kappa shape index (κ1) is 15.4. The maximum absolute atomic E-state index is 12.0. The van der Waals surface area contributed by atoms with Crippen molar-refractivity contribution in [3.05, 3.63) is 22.4 Å². The van der Waals surface area contributed by atoms with Crippen LogP contribution in [0.25, 0.3) is 0 Å². The second-order valence-corrected chi connectivity index (χ2v) is 6.18. The number of likely N-dealkylation sites (N-methyl/N-ethyl adjacent to an activating group) is 1. The van der Waals surface area contributed by atoms with Gasteiger partial charge in [0.2, 0.25) is 5.91 Å². The van der Waals surface area contributed by atoms with Crippen molar-refractivity contribution < 1.29 is 9.53 Å². The smallest absolute Gasteiger partial charge is 0.234 e. The Morgan fingerprint density at radius 3 is 3.20 bits per heavy atom. The lowest BCUT2D eigenvalue weighted by molar-refractivity contribution is -0.123. The van der Waals surface area contributed by atoms with Crippen molar-refractivity contribution in [1.82, 2.24) is 15.5 Å². The minimum atomic E-state index is 0.0529. The van der Waals surface area contributed by atoms with Gasteiger partial charge in [-0.3, -0.25) is 9.69 Å². The molecule has 0 spiro atoms. The summed E-state index contributed by atoms with van der Waals surface area (Å²) in [5, 5.41) is 8.34. The van der Waals surface area contributed by atoms with Gasteiger partial charge in [-0.2, -0.15) is 0 Å². The second kappa shape index (κ2) is 7.73. The van der Waals surface area contributed by atoms with E-state index in [9.17, 15) is 4.79 Å². The van der Waals surface area contributed by atoms with E-state index in [4.69, 9.17) is 4.74 Å². The predicted octanol–water partition coefficient (Wildman–Crippen LogP) is 0.846. The summed E-state index contributed by atoms with van der Waals surface area (Å²) in [7, 11) is 1.95. The highest BCUT2D eigenvalue weighted by Crippen LogP contribution is 2.17. The molecule has 2 N–H and O–H groups in total. The Kier molecular flexibility index (Phi) is 5.97. The topological polar surface area (TPSA) is 53.6 Å². The van der Waals surface area contributed by atoms with Gasteiger partial charge in [0.25, 0.3) is 0 Å². The van der Waals surface area contributed by atoms with Crippen LogP contribution >= 0.6 is 11.3 Å². The molecule has 6 heteroatoms. The third-order valence-electron chi connectivity index (χ3n) is 3.28. The van der Waals surface area contributed by atoms with Crippen molar-refractivity contribution in [1.29, 1.82) is 0 Å². The molecule has 2 rings (SSSR count). The fraction of sp³-hybridized carbons (Fsp3) is 0.643. The molecule has 2 heterocycles. The molecule has 1 fully saturated rings. The van der Waals surface area contributed by atoms with Gasteiger partial charge in [-0.05, 0) is 25.4 Å². The van der Waals surface area contributed by atoms with E-state index in [-0.39, 0.29) is 18.1 Å². The summed E-state index contributed by atoms with van der Waals surface area (Å²) >= 11 is 1.66. The Bertz CT molecular complexity index is 405. The van der Waals surface area contributed by atoms with Crippen LogP contribution in [0.15, 0.2) is 17.5 Å². The zero-order chi connectivity index (χ0) is 14.4. The first-order valence-electron chi connectivity index (χ1n) is 6.99. The molecule has 1 aliphatic rings. The molecule has 2 unspecified atom stereocenters. The molecule has 0 aromatic carbocycles. The summed E-state index contributed by atoms with van der Waals surface area (Å²) < 4.78 is 5.64. The van der Waals surface area contributed by atoms with Gasteiger partial charge in [0.1, 0.15) is 0 Å². The molecule has 1 saturated heterocycles. The molecule has 0 bridgehead atoms. The first-order valence-corrected chi connectivity index (χ1v) is 7.86. The van der Waals surface area contributed by atoms with Gasteiger partial charge in [0.15, 0.2) is 0 Å². The lowest BCUT2D eigenvalue weighted by Gasteiger charge is -2.27. The Morgan fingerprint density at radius 2 is 2.55 bits per heavy atom. The largest absolute Gasteiger partial charge is 0.374 e. The third kappa shape index (κ3) is 4.86. The van der Waals surface area contributed by atoms with Crippen LogP contribution in [0.1, 0.15) is 17.8 Å². The van der Waals surface area contributed by atoms with E-state index in [1.54, 1.807) is 11.3 Å². The van der Waals surface area contributed by atoms with E-state index in [0.717, 1.165) is 26.2 Å². The van der Waals surface area contributed by atoms with Gasteiger partial charge in [-0.15, -0.1) is 11.3 Å². The molecule has 1 aromatic rings. The summed E-state index contributed by atoms with van der Waals surface area (Å²) in [5.41, 5.74) is 0. The molecule has 1 aromatic heterocycles. The number of carbonyl (C=O) groups excluding carboxylic acids is 1. The average Bonchev–Trinajstić information content (AvgIpc) is 2.93. The van der Waals surface area contributed by atoms with Crippen LogP contribution in [-0.4, -0.2) is 56.7 Å². The third-order valence-corrected chi connectivity index (χ3v) is 4.34. The van der Waals surface area contributed by atoms with E-state index >= 15 is 0 Å². The molecule has 20 heavy (non-hydrogen) atoms. The number of hydrogen-bond acceptors (Lipinski definition) is 5. The number of hydrogen-bond donors (Lipinski definition) is 2. The minimum absolute atomic E-state index is 0.0529. The van der Waals surface area contributed by atoms with Crippen molar-refractivity contribution in [3.63, 3.8) is 0 Å². The number of morpholine rings is 1. The number of amides is 1. The normalized spacial score (nSPS) is 20.9. The van der Waals surface area contributed by atoms with Gasteiger partial charge in [-0.25, -0.2) is 0 Å². The molecule has 0 aliphatic carbocycles. The van der Waals surface area contributed by atoms with Crippen LogP contribution < -0.4 is 10.6 Å². The van der Waals surface area contributed by atoms with Crippen molar-refractivity contribution in [2.75, 3.05) is 39.8 Å². The van der Waals surface area contributed by atoms with Gasteiger partial charge in [0, 0.05) is 24.5 Å². The van der Waals surface area contributed by atoms with Crippen LogP contribution in [0, 0.1) is 0 Å². The Balaban J connectivity index is 1.70. The Hall–Kier alpha value is -0.950. The number of nitrogens with one attached hydrogen (secondary N) is 2. The summed E-state index contributed by atoms with van der Waals surface area (Å²) in [6.07, 6.45) is 0.177. The highest BCUT2D eigenvalue weighted by atomic mass is 32.1. The van der Waals surface area contributed by atoms with Crippen molar-refractivity contribution in [2.45, 2.75) is 19.1 Å². The lowest BCUT2D eigenvalue weighted by atomic mass is 10.2. The molecule has 0 saturated carbocycles. The van der Waals surface area contributed by atoms with Crippen LogP contribution in [-0.2, 0) is 9.53 Å². The number of nitrogens with zero attached hydrogens (tertiary/aromatic N) is 1. The van der Waals surface area contributed by atoms with Gasteiger partial charge >= 0.3 is 0 Å². The lowest BCUT2D eigenvalue weighted by Crippen LogP contribution is -2.46. The average molecular weight is 297 g/mol. The zero-order valence-corrected chi connectivity index (χ0v) is 12.9. The SMILES string of the molecule is CC(NC(=O)CN(C)CC1CNCCO1)c1cccs1. The van der Waals surface area contributed by atoms with Crippen molar-refractivity contribution >= 4 is 17.2 Å². The monoisotopic (exact) mass is 297 g/mol. The molecule has 2 atom stereocenters. The molecule has 5 nitrogen and oxygen atoms in total. The fourth-order valence-corrected chi connectivity index (χ4v) is 3.02. The molecular formula is C14H23N3O2S. The molecule has 0 radical (unpaired) electrons. The molecule has 1 aliphatic heterocycles. The Labute approximate surface area is 124 Å².